The lowest BCUT2D eigenvalue weighted by Crippen LogP contribution is -1.98. The highest BCUT2D eigenvalue weighted by atomic mass is 19.2. The zero-order valence-corrected chi connectivity index (χ0v) is 21.5. The first-order valence-corrected chi connectivity index (χ1v) is 13.5. The van der Waals surface area contributed by atoms with E-state index in [1.807, 2.05) is 36.7 Å². The second-order valence-electron chi connectivity index (χ2n) is 9.57. The molecule has 4 heteroatoms. The lowest BCUT2D eigenvalue weighted by Gasteiger charge is -2.10. The Labute approximate surface area is 210 Å². The van der Waals surface area contributed by atoms with Gasteiger partial charge in [0.2, 0.25) is 0 Å². The van der Waals surface area contributed by atoms with E-state index in [9.17, 15) is 8.78 Å². The number of nitrogens with zero attached hydrogens (tertiary/aromatic N) is 2. The molecule has 0 aliphatic heterocycles. The van der Waals surface area contributed by atoms with E-state index in [-0.39, 0.29) is 0 Å². The molecule has 0 spiro atoms. The first-order chi connectivity index (χ1) is 17.1. The average Bonchev–Trinajstić information content (AvgIpc) is 2.89. The summed E-state index contributed by atoms with van der Waals surface area (Å²) in [5, 5.41) is 0. The molecule has 0 saturated heterocycles. The molecular weight excluding hydrogens is 438 g/mol. The highest BCUT2D eigenvalue weighted by molar-refractivity contribution is 5.68. The van der Waals surface area contributed by atoms with Gasteiger partial charge in [-0.05, 0) is 42.4 Å². The van der Waals surface area contributed by atoms with E-state index in [1.54, 1.807) is 12.1 Å². The standard InChI is InChI=1S/C31H40F2N2/c1-3-5-7-9-11-13-15-26-20-21-28(30(33)29(26)32)25-16-18-27(19-17-25)31-34-22-24(23-35-31)14-12-10-8-6-4-2/h16-23H,3-15H2,1-2H3. The summed E-state index contributed by atoms with van der Waals surface area (Å²) in [4.78, 5) is 9.03. The van der Waals surface area contributed by atoms with Gasteiger partial charge in [0.1, 0.15) is 0 Å². The number of hydrogen-bond donors (Lipinski definition) is 0. The maximum atomic E-state index is 14.9. The Balaban J connectivity index is 1.58. The van der Waals surface area contributed by atoms with Gasteiger partial charge in [-0.2, -0.15) is 0 Å². The van der Waals surface area contributed by atoms with Crippen LogP contribution >= 0.6 is 0 Å². The van der Waals surface area contributed by atoms with E-state index >= 15 is 0 Å². The molecule has 2 nitrogen and oxygen atoms in total. The van der Waals surface area contributed by atoms with Gasteiger partial charge in [-0.1, -0.05) is 108 Å². The molecule has 3 rings (SSSR count). The number of rotatable bonds is 15. The fourth-order valence-corrected chi connectivity index (χ4v) is 4.47. The molecule has 2 aromatic carbocycles. The van der Waals surface area contributed by atoms with Crippen LogP contribution in [0.5, 0.6) is 0 Å². The molecule has 0 saturated carbocycles. The fraction of sp³-hybridized carbons (Fsp3) is 0.484. The summed E-state index contributed by atoms with van der Waals surface area (Å²) in [5.41, 5.74) is 3.43. The van der Waals surface area contributed by atoms with E-state index in [2.05, 4.69) is 23.8 Å². The molecule has 0 aliphatic carbocycles. The van der Waals surface area contributed by atoms with Crippen LogP contribution < -0.4 is 0 Å². The predicted molar refractivity (Wildman–Crippen MR) is 142 cm³/mol. The Morgan fingerprint density at radius 1 is 0.571 bits per heavy atom. The van der Waals surface area contributed by atoms with Crippen molar-refractivity contribution < 1.29 is 8.78 Å². The van der Waals surface area contributed by atoms with Crippen LogP contribution in [0.3, 0.4) is 0 Å². The number of halogens is 2. The van der Waals surface area contributed by atoms with Crippen molar-refractivity contribution in [1.82, 2.24) is 9.97 Å². The molecule has 0 atom stereocenters. The smallest absolute Gasteiger partial charge is 0.166 e. The van der Waals surface area contributed by atoms with Crippen molar-refractivity contribution in [3.8, 4) is 22.5 Å². The van der Waals surface area contributed by atoms with Gasteiger partial charge in [0.25, 0.3) is 0 Å². The largest absolute Gasteiger partial charge is 0.236 e. The summed E-state index contributed by atoms with van der Waals surface area (Å²) in [7, 11) is 0. The number of unbranched alkanes of at least 4 members (excludes halogenated alkanes) is 9. The molecule has 3 aromatic rings. The number of aryl methyl sites for hydroxylation is 2. The van der Waals surface area contributed by atoms with Crippen molar-refractivity contribution in [2.45, 2.75) is 97.3 Å². The van der Waals surface area contributed by atoms with Crippen LogP contribution in [-0.4, -0.2) is 9.97 Å². The van der Waals surface area contributed by atoms with Crippen molar-refractivity contribution in [2.75, 3.05) is 0 Å². The van der Waals surface area contributed by atoms with Crippen LogP contribution in [0.15, 0.2) is 48.8 Å². The van der Waals surface area contributed by atoms with Gasteiger partial charge in [0, 0.05) is 23.5 Å². The van der Waals surface area contributed by atoms with Crippen molar-refractivity contribution >= 4 is 0 Å². The van der Waals surface area contributed by atoms with Gasteiger partial charge in [0.05, 0.1) is 0 Å². The first kappa shape index (κ1) is 27.0. The summed E-state index contributed by atoms with van der Waals surface area (Å²) < 4.78 is 29.6. The molecule has 0 unspecified atom stereocenters. The SMILES string of the molecule is CCCCCCCCc1ccc(-c2ccc(-c3ncc(CCCCCCC)cn3)cc2)c(F)c1F. The van der Waals surface area contributed by atoms with E-state index in [4.69, 9.17) is 0 Å². The third-order valence-electron chi connectivity index (χ3n) is 6.69. The molecule has 188 valence electrons. The normalized spacial score (nSPS) is 11.2. The third-order valence-corrected chi connectivity index (χ3v) is 6.69. The summed E-state index contributed by atoms with van der Waals surface area (Å²) in [6.45, 7) is 4.41. The van der Waals surface area contributed by atoms with Gasteiger partial charge in [-0.25, -0.2) is 18.7 Å². The van der Waals surface area contributed by atoms with E-state index in [1.165, 1.54) is 44.9 Å². The van der Waals surface area contributed by atoms with Crippen molar-refractivity contribution in [3.63, 3.8) is 0 Å². The van der Waals surface area contributed by atoms with Crippen LogP contribution in [0.25, 0.3) is 22.5 Å². The Hall–Kier alpha value is -2.62. The zero-order valence-electron chi connectivity index (χ0n) is 21.5. The molecule has 0 amide bonds. The maximum Gasteiger partial charge on any atom is 0.166 e. The van der Waals surface area contributed by atoms with Gasteiger partial charge in [-0.3, -0.25) is 0 Å². The Morgan fingerprint density at radius 3 is 1.74 bits per heavy atom. The van der Waals surface area contributed by atoms with Gasteiger partial charge in [-0.15, -0.1) is 0 Å². The van der Waals surface area contributed by atoms with Crippen LogP contribution in [0.2, 0.25) is 0 Å². The monoisotopic (exact) mass is 478 g/mol. The minimum atomic E-state index is -0.763. The first-order valence-electron chi connectivity index (χ1n) is 13.5. The van der Waals surface area contributed by atoms with Gasteiger partial charge < -0.3 is 0 Å². The molecule has 0 bridgehead atoms. The third kappa shape index (κ3) is 8.23. The van der Waals surface area contributed by atoms with Crippen LogP contribution in [0, 0.1) is 11.6 Å². The van der Waals surface area contributed by atoms with E-state index < -0.39 is 11.6 Å². The Kier molecular flexibility index (Phi) is 11.3. The van der Waals surface area contributed by atoms with Gasteiger partial charge >= 0.3 is 0 Å². The quantitative estimate of drug-likeness (QED) is 0.203. The highest BCUT2D eigenvalue weighted by Gasteiger charge is 2.15. The number of aromatic nitrogens is 2. The van der Waals surface area contributed by atoms with Crippen LogP contribution in [0.4, 0.5) is 8.78 Å². The van der Waals surface area contributed by atoms with Crippen molar-refractivity contribution in [3.05, 3.63) is 71.6 Å². The molecule has 1 aromatic heterocycles. The topological polar surface area (TPSA) is 25.8 Å². The second-order valence-corrected chi connectivity index (χ2v) is 9.57. The summed E-state index contributed by atoms with van der Waals surface area (Å²) in [6.07, 6.45) is 18.4. The predicted octanol–water partition coefficient (Wildman–Crippen LogP) is 9.50. The van der Waals surface area contributed by atoms with Crippen molar-refractivity contribution in [2.24, 2.45) is 0 Å². The minimum absolute atomic E-state index is 0.292. The summed E-state index contributed by atoms with van der Waals surface area (Å²) >= 11 is 0. The maximum absolute atomic E-state index is 14.9. The molecule has 1 heterocycles. The molecule has 0 radical (unpaired) electrons. The second kappa shape index (κ2) is 14.7. The fourth-order valence-electron chi connectivity index (χ4n) is 4.47. The van der Waals surface area contributed by atoms with E-state index in [0.29, 0.717) is 28.9 Å². The van der Waals surface area contributed by atoms with Crippen molar-refractivity contribution in [1.29, 1.82) is 0 Å². The highest BCUT2D eigenvalue weighted by Crippen LogP contribution is 2.29. The number of hydrogen-bond acceptors (Lipinski definition) is 2. The van der Waals surface area contributed by atoms with E-state index in [0.717, 1.165) is 43.2 Å². The van der Waals surface area contributed by atoms with Crippen LogP contribution in [-0.2, 0) is 12.8 Å². The number of benzene rings is 2. The van der Waals surface area contributed by atoms with Crippen LogP contribution in [0.1, 0.15) is 95.6 Å². The lowest BCUT2D eigenvalue weighted by atomic mass is 9.98. The molecular formula is C31H40F2N2. The lowest BCUT2D eigenvalue weighted by molar-refractivity contribution is 0.497. The molecule has 0 fully saturated rings. The Bertz CT molecular complexity index is 1010. The Morgan fingerprint density at radius 2 is 1.11 bits per heavy atom. The summed E-state index contributed by atoms with van der Waals surface area (Å²) in [6, 6.07) is 10.8. The summed E-state index contributed by atoms with van der Waals surface area (Å²) in [5.74, 6) is -0.832. The van der Waals surface area contributed by atoms with Gasteiger partial charge in [0.15, 0.2) is 17.5 Å². The molecule has 35 heavy (non-hydrogen) atoms. The minimum Gasteiger partial charge on any atom is -0.236 e. The molecule has 0 aliphatic rings. The molecule has 0 N–H and O–H groups in total. The average molecular weight is 479 g/mol. The zero-order chi connectivity index (χ0) is 24.9.